The van der Waals surface area contributed by atoms with Gasteiger partial charge in [-0.25, -0.2) is 4.98 Å². The number of aromatic hydroxyl groups is 1. The number of nitrogens with one attached hydrogen (secondary N) is 1. The molecule has 3 rings (SSSR count). The molecule has 1 aromatic carbocycles. The van der Waals surface area contributed by atoms with Crippen LogP contribution in [0.1, 0.15) is 11.6 Å². The van der Waals surface area contributed by atoms with Crippen LogP contribution in [0.2, 0.25) is 0 Å². The Morgan fingerprint density at radius 2 is 2.05 bits per heavy atom. The van der Waals surface area contributed by atoms with E-state index in [1.54, 1.807) is 30.7 Å². The molecule has 0 amide bonds. The third-order valence-corrected chi connectivity index (χ3v) is 3.34. The van der Waals surface area contributed by atoms with Crippen LogP contribution in [0, 0.1) is 0 Å². The molecule has 1 aromatic heterocycles. The van der Waals surface area contributed by atoms with Gasteiger partial charge in [0.1, 0.15) is 11.6 Å². The summed E-state index contributed by atoms with van der Waals surface area (Å²) in [5, 5.41) is 12.8. The predicted molar refractivity (Wildman–Crippen MR) is 73.1 cm³/mol. The van der Waals surface area contributed by atoms with Crippen LogP contribution in [0.5, 0.6) is 5.75 Å². The number of phenolic OH excluding ortho intramolecular Hbond substituents is 1. The van der Waals surface area contributed by atoms with Crippen molar-refractivity contribution < 1.29 is 5.11 Å². The van der Waals surface area contributed by atoms with Crippen LogP contribution in [-0.2, 0) is 0 Å². The standard InChI is InChI=1S/C14H16N4O/c19-12-3-1-11(2-4-12)13-10-18(8-7-16-13)14-9-15-5-6-17-14/h1-6,9,13,16,19H,7-8,10H2. The van der Waals surface area contributed by atoms with Gasteiger partial charge >= 0.3 is 0 Å². The van der Waals surface area contributed by atoms with Crippen molar-refractivity contribution in [2.45, 2.75) is 6.04 Å². The number of nitrogens with zero attached hydrogens (tertiary/aromatic N) is 3. The van der Waals surface area contributed by atoms with E-state index in [0.29, 0.717) is 5.75 Å². The van der Waals surface area contributed by atoms with Gasteiger partial charge in [0.2, 0.25) is 0 Å². The van der Waals surface area contributed by atoms with E-state index in [0.717, 1.165) is 25.5 Å². The summed E-state index contributed by atoms with van der Waals surface area (Å²) in [5.74, 6) is 1.21. The lowest BCUT2D eigenvalue weighted by Crippen LogP contribution is -2.46. The Hall–Kier alpha value is -2.14. The van der Waals surface area contributed by atoms with E-state index in [9.17, 15) is 5.11 Å². The Labute approximate surface area is 111 Å². The van der Waals surface area contributed by atoms with E-state index in [4.69, 9.17) is 0 Å². The lowest BCUT2D eigenvalue weighted by Gasteiger charge is -2.34. The highest BCUT2D eigenvalue weighted by Crippen LogP contribution is 2.22. The molecule has 2 aromatic rings. The Kier molecular flexibility index (Phi) is 3.29. The van der Waals surface area contributed by atoms with Crippen molar-refractivity contribution in [2.75, 3.05) is 24.5 Å². The molecule has 1 atom stereocenters. The Balaban J connectivity index is 1.76. The van der Waals surface area contributed by atoms with Crippen LogP contribution in [0.4, 0.5) is 5.82 Å². The number of aromatic nitrogens is 2. The average Bonchev–Trinajstić information content (AvgIpc) is 2.49. The second kappa shape index (κ2) is 5.24. The number of phenols is 1. The SMILES string of the molecule is Oc1ccc(C2CN(c3cnccn3)CCN2)cc1. The summed E-state index contributed by atoms with van der Waals surface area (Å²) >= 11 is 0. The van der Waals surface area contributed by atoms with Crippen LogP contribution in [0.15, 0.2) is 42.9 Å². The van der Waals surface area contributed by atoms with Crippen LogP contribution >= 0.6 is 0 Å². The Morgan fingerprint density at radius 3 is 2.79 bits per heavy atom. The molecule has 1 fully saturated rings. The Morgan fingerprint density at radius 1 is 1.21 bits per heavy atom. The van der Waals surface area contributed by atoms with Crippen LogP contribution in [-0.4, -0.2) is 34.7 Å². The fourth-order valence-corrected chi connectivity index (χ4v) is 2.34. The minimum absolute atomic E-state index is 0.247. The molecule has 5 heteroatoms. The number of anilines is 1. The minimum atomic E-state index is 0.247. The van der Waals surface area contributed by atoms with E-state index >= 15 is 0 Å². The summed E-state index contributed by atoms with van der Waals surface area (Å²) in [5.41, 5.74) is 1.17. The highest BCUT2D eigenvalue weighted by molar-refractivity contribution is 5.38. The van der Waals surface area contributed by atoms with E-state index in [1.165, 1.54) is 5.56 Å². The topological polar surface area (TPSA) is 61.3 Å². The van der Waals surface area contributed by atoms with Crippen molar-refractivity contribution in [3.8, 4) is 5.75 Å². The molecule has 5 nitrogen and oxygen atoms in total. The maximum atomic E-state index is 9.34. The summed E-state index contributed by atoms with van der Waals surface area (Å²) in [6, 6.07) is 7.59. The van der Waals surface area contributed by atoms with Crippen LogP contribution in [0.25, 0.3) is 0 Å². The van der Waals surface area contributed by atoms with Gasteiger partial charge < -0.3 is 15.3 Å². The number of hydrogen-bond donors (Lipinski definition) is 2. The van der Waals surface area contributed by atoms with E-state index in [-0.39, 0.29) is 6.04 Å². The molecule has 0 aliphatic carbocycles. The van der Waals surface area contributed by atoms with Crippen molar-refractivity contribution >= 4 is 5.82 Å². The van der Waals surface area contributed by atoms with E-state index in [1.807, 2.05) is 12.1 Å². The zero-order valence-corrected chi connectivity index (χ0v) is 10.5. The summed E-state index contributed by atoms with van der Waals surface area (Å²) in [6.07, 6.45) is 5.19. The van der Waals surface area contributed by atoms with Gasteiger partial charge in [-0.15, -0.1) is 0 Å². The number of benzene rings is 1. The van der Waals surface area contributed by atoms with Gasteiger partial charge in [-0.1, -0.05) is 12.1 Å². The van der Waals surface area contributed by atoms with Crippen molar-refractivity contribution in [3.63, 3.8) is 0 Å². The zero-order valence-electron chi connectivity index (χ0n) is 10.5. The average molecular weight is 256 g/mol. The summed E-state index contributed by atoms with van der Waals surface area (Å²) in [6.45, 7) is 2.68. The molecular formula is C14H16N4O. The number of hydrogen-bond acceptors (Lipinski definition) is 5. The first-order chi connectivity index (χ1) is 9.33. The summed E-state index contributed by atoms with van der Waals surface area (Å²) in [7, 11) is 0. The molecular weight excluding hydrogens is 240 g/mol. The van der Waals surface area contributed by atoms with Crippen LogP contribution < -0.4 is 10.2 Å². The van der Waals surface area contributed by atoms with E-state index in [2.05, 4.69) is 20.2 Å². The van der Waals surface area contributed by atoms with Gasteiger partial charge in [-0.2, -0.15) is 0 Å². The van der Waals surface area contributed by atoms with Crippen molar-refractivity contribution in [1.29, 1.82) is 0 Å². The molecule has 0 saturated carbocycles. The third-order valence-electron chi connectivity index (χ3n) is 3.34. The molecule has 1 unspecified atom stereocenters. The highest BCUT2D eigenvalue weighted by Gasteiger charge is 2.21. The molecule has 1 aliphatic heterocycles. The smallest absolute Gasteiger partial charge is 0.147 e. The normalized spacial score (nSPS) is 19.4. The molecule has 2 heterocycles. The molecule has 0 spiro atoms. The van der Waals surface area contributed by atoms with Crippen LogP contribution in [0.3, 0.4) is 0 Å². The molecule has 19 heavy (non-hydrogen) atoms. The van der Waals surface area contributed by atoms with Gasteiger partial charge in [0.05, 0.1) is 6.20 Å². The van der Waals surface area contributed by atoms with Gasteiger partial charge in [-0.05, 0) is 17.7 Å². The summed E-state index contributed by atoms with van der Waals surface area (Å²) < 4.78 is 0. The first kappa shape index (κ1) is 11.9. The van der Waals surface area contributed by atoms with Gasteiger partial charge in [-0.3, -0.25) is 4.98 Å². The molecule has 0 radical (unpaired) electrons. The molecule has 0 bridgehead atoms. The predicted octanol–water partition coefficient (Wildman–Crippen LogP) is 1.33. The second-order valence-electron chi connectivity index (χ2n) is 4.61. The largest absolute Gasteiger partial charge is 0.508 e. The monoisotopic (exact) mass is 256 g/mol. The van der Waals surface area contributed by atoms with Crippen molar-refractivity contribution in [3.05, 3.63) is 48.4 Å². The maximum absolute atomic E-state index is 9.34. The Bertz CT molecular complexity index is 529. The van der Waals surface area contributed by atoms with E-state index < -0.39 is 0 Å². The minimum Gasteiger partial charge on any atom is -0.508 e. The first-order valence-corrected chi connectivity index (χ1v) is 6.36. The lowest BCUT2D eigenvalue weighted by molar-refractivity contribution is 0.463. The first-order valence-electron chi connectivity index (χ1n) is 6.36. The molecule has 1 saturated heterocycles. The lowest BCUT2D eigenvalue weighted by atomic mass is 10.0. The molecule has 2 N–H and O–H groups in total. The maximum Gasteiger partial charge on any atom is 0.147 e. The fourth-order valence-electron chi connectivity index (χ4n) is 2.34. The van der Waals surface area contributed by atoms with Gasteiger partial charge in [0.15, 0.2) is 0 Å². The third kappa shape index (κ3) is 2.66. The molecule has 98 valence electrons. The zero-order chi connectivity index (χ0) is 13.1. The fraction of sp³-hybridized carbons (Fsp3) is 0.286. The van der Waals surface area contributed by atoms with Gasteiger partial charge in [0, 0.05) is 38.1 Å². The number of piperazine rings is 1. The van der Waals surface area contributed by atoms with Crippen molar-refractivity contribution in [2.24, 2.45) is 0 Å². The second-order valence-corrected chi connectivity index (χ2v) is 4.61. The highest BCUT2D eigenvalue weighted by atomic mass is 16.3. The quantitative estimate of drug-likeness (QED) is 0.849. The number of rotatable bonds is 2. The molecule has 1 aliphatic rings. The van der Waals surface area contributed by atoms with Gasteiger partial charge in [0.25, 0.3) is 0 Å². The summed E-state index contributed by atoms with van der Waals surface area (Å²) in [4.78, 5) is 10.7. The van der Waals surface area contributed by atoms with Crippen molar-refractivity contribution in [1.82, 2.24) is 15.3 Å².